The molecule has 1 aromatic rings. The molecule has 1 N–H and O–H groups in total. The molecule has 1 heterocycles. The highest BCUT2D eigenvalue weighted by Crippen LogP contribution is 2.32. The lowest BCUT2D eigenvalue weighted by Crippen LogP contribution is -2.42. The molecule has 0 saturated carbocycles. The first-order valence-corrected chi connectivity index (χ1v) is 7.81. The number of fused-ring (bicyclic) bond motifs is 1. The lowest BCUT2D eigenvalue weighted by Gasteiger charge is -2.35. The van der Waals surface area contributed by atoms with Crippen molar-refractivity contribution in [3.8, 4) is 0 Å². The summed E-state index contributed by atoms with van der Waals surface area (Å²) in [6, 6.07) is 9.08. The Kier molecular flexibility index (Phi) is 6.49. The molecule has 21 heavy (non-hydrogen) atoms. The van der Waals surface area contributed by atoms with Crippen LogP contribution in [0.2, 0.25) is 0 Å². The summed E-state index contributed by atoms with van der Waals surface area (Å²) in [6.45, 7) is 6.82. The number of methoxy groups -OCH3 is 2. The highest BCUT2D eigenvalue weighted by Gasteiger charge is 2.24. The number of hydrogen-bond donors (Lipinski definition) is 1. The largest absolute Gasteiger partial charge is 0.385 e. The van der Waals surface area contributed by atoms with E-state index in [1.54, 1.807) is 14.2 Å². The average molecular weight is 292 g/mol. The molecule has 1 aliphatic rings. The lowest BCUT2D eigenvalue weighted by molar-refractivity contribution is 0.0705. The molecular weight excluding hydrogens is 264 g/mol. The van der Waals surface area contributed by atoms with Gasteiger partial charge in [-0.05, 0) is 25.0 Å². The third kappa shape index (κ3) is 4.43. The van der Waals surface area contributed by atoms with Crippen LogP contribution in [-0.2, 0) is 9.47 Å². The first-order valence-electron chi connectivity index (χ1n) is 7.81. The molecule has 0 saturated heterocycles. The van der Waals surface area contributed by atoms with Crippen LogP contribution < -0.4 is 5.32 Å². The minimum absolute atomic E-state index is 0.409. The van der Waals surface area contributed by atoms with Gasteiger partial charge in [-0.2, -0.15) is 0 Å². The molecular formula is C17H28N2O2. The zero-order valence-electron chi connectivity index (χ0n) is 13.5. The van der Waals surface area contributed by atoms with Gasteiger partial charge >= 0.3 is 0 Å². The van der Waals surface area contributed by atoms with Crippen LogP contribution in [0.5, 0.6) is 0 Å². The van der Waals surface area contributed by atoms with Crippen LogP contribution in [0, 0.1) is 0 Å². The Morgan fingerprint density at radius 2 is 2.10 bits per heavy atom. The summed E-state index contributed by atoms with van der Waals surface area (Å²) in [4.78, 5) is 2.49. The van der Waals surface area contributed by atoms with Gasteiger partial charge in [0.1, 0.15) is 0 Å². The van der Waals surface area contributed by atoms with E-state index < -0.39 is 0 Å². The fourth-order valence-corrected chi connectivity index (χ4v) is 3.07. The molecule has 0 fully saturated rings. The van der Waals surface area contributed by atoms with E-state index in [4.69, 9.17) is 9.47 Å². The highest BCUT2D eigenvalue weighted by atomic mass is 16.5. The molecule has 118 valence electrons. The molecule has 0 spiro atoms. The van der Waals surface area contributed by atoms with Crippen LogP contribution >= 0.6 is 0 Å². The number of nitrogens with one attached hydrogen (secondary N) is 1. The Morgan fingerprint density at radius 3 is 2.86 bits per heavy atom. The maximum Gasteiger partial charge on any atom is 0.0615 e. The Labute approximate surface area is 128 Å². The molecule has 4 nitrogen and oxygen atoms in total. The van der Waals surface area contributed by atoms with Crippen molar-refractivity contribution in [2.24, 2.45) is 0 Å². The molecule has 2 unspecified atom stereocenters. The number of para-hydroxylation sites is 1. The van der Waals surface area contributed by atoms with E-state index in [-0.39, 0.29) is 0 Å². The van der Waals surface area contributed by atoms with E-state index in [1.807, 2.05) is 0 Å². The Morgan fingerprint density at radius 1 is 1.29 bits per heavy atom. The van der Waals surface area contributed by atoms with E-state index in [1.165, 1.54) is 17.7 Å². The second-order valence-corrected chi connectivity index (χ2v) is 5.79. The highest BCUT2D eigenvalue weighted by molar-refractivity contribution is 5.54. The van der Waals surface area contributed by atoms with Crippen LogP contribution in [0.1, 0.15) is 24.8 Å². The van der Waals surface area contributed by atoms with Gasteiger partial charge in [0, 0.05) is 51.5 Å². The summed E-state index contributed by atoms with van der Waals surface area (Å²) in [7, 11) is 3.53. The topological polar surface area (TPSA) is 33.7 Å². The number of rotatable bonds is 8. The number of benzene rings is 1. The van der Waals surface area contributed by atoms with E-state index in [0.717, 1.165) is 32.8 Å². The standard InChI is InChI=1S/C17H28N2O2/c1-14(13-21-3)19(10-11-20-2)12-15-8-9-18-17-7-5-4-6-16(15)17/h4-7,14-15,18H,8-13H2,1-3H3. The molecule has 0 radical (unpaired) electrons. The predicted molar refractivity (Wildman–Crippen MR) is 87.1 cm³/mol. The minimum atomic E-state index is 0.409. The van der Waals surface area contributed by atoms with Gasteiger partial charge < -0.3 is 14.8 Å². The lowest BCUT2D eigenvalue weighted by atomic mass is 9.90. The van der Waals surface area contributed by atoms with Gasteiger partial charge in [-0.15, -0.1) is 0 Å². The SMILES string of the molecule is COCCN(CC1CCNc2ccccc21)C(C)COC. The third-order valence-corrected chi connectivity index (χ3v) is 4.28. The molecule has 1 aliphatic heterocycles. The van der Waals surface area contributed by atoms with Crippen molar-refractivity contribution in [3.05, 3.63) is 29.8 Å². The van der Waals surface area contributed by atoms with E-state index in [9.17, 15) is 0 Å². The van der Waals surface area contributed by atoms with Gasteiger partial charge in [0.2, 0.25) is 0 Å². The summed E-state index contributed by atoms with van der Waals surface area (Å²) < 4.78 is 10.6. The van der Waals surface area contributed by atoms with Crippen LogP contribution in [-0.4, -0.2) is 58.0 Å². The van der Waals surface area contributed by atoms with Crippen molar-refractivity contribution >= 4 is 5.69 Å². The molecule has 1 aromatic carbocycles. The summed E-state index contributed by atoms with van der Waals surface area (Å²) in [5.74, 6) is 0.582. The Balaban J connectivity index is 2.06. The fourth-order valence-electron chi connectivity index (χ4n) is 3.07. The summed E-state index contributed by atoms with van der Waals surface area (Å²) >= 11 is 0. The summed E-state index contributed by atoms with van der Waals surface area (Å²) in [6.07, 6.45) is 1.18. The van der Waals surface area contributed by atoms with Crippen LogP contribution in [0.15, 0.2) is 24.3 Å². The van der Waals surface area contributed by atoms with Crippen LogP contribution in [0.3, 0.4) is 0 Å². The number of hydrogen-bond acceptors (Lipinski definition) is 4. The quantitative estimate of drug-likeness (QED) is 0.798. The van der Waals surface area contributed by atoms with Crippen molar-refractivity contribution in [2.45, 2.75) is 25.3 Å². The number of nitrogens with zero attached hydrogens (tertiary/aromatic N) is 1. The summed E-state index contributed by atoms with van der Waals surface area (Å²) in [5.41, 5.74) is 2.73. The first-order chi connectivity index (χ1) is 10.3. The second-order valence-electron chi connectivity index (χ2n) is 5.79. The van der Waals surface area contributed by atoms with Gasteiger partial charge in [0.05, 0.1) is 13.2 Å². The van der Waals surface area contributed by atoms with Gasteiger partial charge in [0.25, 0.3) is 0 Å². The van der Waals surface area contributed by atoms with E-state index >= 15 is 0 Å². The molecule has 0 bridgehead atoms. The van der Waals surface area contributed by atoms with Crippen molar-refractivity contribution in [3.63, 3.8) is 0 Å². The monoisotopic (exact) mass is 292 g/mol. The van der Waals surface area contributed by atoms with Crippen molar-refractivity contribution < 1.29 is 9.47 Å². The molecule has 0 amide bonds. The Hall–Kier alpha value is -1.10. The second kappa shape index (κ2) is 8.37. The smallest absolute Gasteiger partial charge is 0.0615 e. The minimum Gasteiger partial charge on any atom is -0.385 e. The third-order valence-electron chi connectivity index (χ3n) is 4.28. The van der Waals surface area contributed by atoms with Crippen molar-refractivity contribution in [1.29, 1.82) is 0 Å². The maximum atomic E-state index is 5.33. The molecule has 0 aliphatic carbocycles. The average Bonchev–Trinajstić information content (AvgIpc) is 2.51. The molecule has 2 atom stereocenters. The zero-order valence-corrected chi connectivity index (χ0v) is 13.5. The summed E-state index contributed by atoms with van der Waals surface area (Å²) in [5, 5.41) is 3.50. The van der Waals surface area contributed by atoms with Crippen molar-refractivity contribution in [2.75, 3.05) is 52.4 Å². The molecule has 4 heteroatoms. The zero-order chi connectivity index (χ0) is 15.1. The maximum absolute atomic E-state index is 5.33. The van der Waals surface area contributed by atoms with Crippen LogP contribution in [0.4, 0.5) is 5.69 Å². The fraction of sp³-hybridized carbons (Fsp3) is 0.647. The Bertz CT molecular complexity index is 425. The first kappa shape index (κ1) is 16.3. The molecule has 2 rings (SSSR count). The normalized spacial score (nSPS) is 19.1. The number of anilines is 1. The van der Waals surface area contributed by atoms with Gasteiger partial charge in [0.15, 0.2) is 0 Å². The van der Waals surface area contributed by atoms with Gasteiger partial charge in [-0.3, -0.25) is 4.90 Å². The van der Waals surface area contributed by atoms with Gasteiger partial charge in [-0.25, -0.2) is 0 Å². The predicted octanol–water partition coefficient (Wildman–Crippen LogP) is 2.57. The van der Waals surface area contributed by atoms with E-state index in [2.05, 4.69) is 41.4 Å². The van der Waals surface area contributed by atoms with Crippen LogP contribution in [0.25, 0.3) is 0 Å². The van der Waals surface area contributed by atoms with Gasteiger partial charge in [-0.1, -0.05) is 18.2 Å². The number of ether oxygens (including phenoxy) is 2. The van der Waals surface area contributed by atoms with Crippen molar-refractivity contribution in [1.82, 2.24) is 4.90 Å². The van der Waals surface area contributed by atoms with E-state index in [0.29, 0.717) is 12.0 Å². The molecule has 0 aromatic heterocycles.